The van der Waals surface area contributed by atoms with Crippen LogP contribution in [0.1, 0.15) is 26.3 Å². The second-order valence-corrected chi connectivity index (χ2v) is 4.52. The van der Waals surface area contributed by atoms with Gasteiger partial charge in [0.1, 0.15) is 0 Å². The van der Waals surface area contributed by atoms with Gasteiger partial charge in [-0.1, -0.05) is 0 Å². The monoisotopic (exact) mass is 376 g/mol. The summed E-state index contributed by atoms with van der Waals surface area (Å²) < 4.78 is 37.5. The molecule has 2 nitrogen and oxygen atoms in total. The molecule has 17 heavy (non-hydrogen) atoms. The van der Waals surface area contributed by atoms with Gasteiger partial charge in [-0.25, -0.2) is 0 Å². The third-order valence-corrected chi connectivity index (χ3v) is 3.13. The molecule has 1 rings (SSSR count). The lowest BCUT2D eigenvalue weighted by molar-refractivity contribution is -0.138. The number of aldehydes is 1. The molecule has 0 aromatic heterocycles. The largest absolute Gasteiger partial charge is 0.417 e. The molecule has 0 saturated carbocycles. The topological polar surface area (TPSA) is 34.1 Å². The van der Waals surface area contributed by atoms with Crippen LogP contribution in [0.4, 0.5) is 13.2 Å². The first-order valence-electron chi connectivity index (χ1n) is 4.26. The predicted molar refractivity (Wildman–Crippen MR) is 64.6 cm³/mol. The van der Waals surface area contributed by atoms with Crippen molar-refractivity contribution < 1.29 is 22.8 Å². The van der Waals surface area contributed by atoms with Crippen LogP contribution in [0.5, 0.6) is 0 Å². The number of hydrogen-bond acceptors (Lipinski definition) is 2. The summed E-state index contributed by atoms with van der Waals surface area (Å²) in [6.45, 7) is 0. The summed E-state index contributed by atoms with van der Waals surface area (Å²) >= 11 is 6.77. The SMILES string of the molecule is O=Cc1cc(C(F)(F)F)c(I)cc1C(=O)CCl. The molecule has 0 aliphatic carbocycles. The van der Waals surface area contributed by atoms with Crippen LogP contribution < -0.4 is 0 Å². The van der Waals surface area contributed by atoms with Crippen molar-refractivity contribution in [1.29, 1.82) is 0 Å². The van der Waals surface area contributed by atoms with Crippen molar-refractivity contribution >= 4 is 46.3 Å². The third kappa shape index (κ3) is 3.19. The molecule has 0 unspecified atom stereocenters. The second kappa shape index (κ2) is 5.34. The summed E-state index contributed by atoms with van der Waals surface area (Å²) in [6.07, 6.45) is -4.35. The lowest BCUT2D eigenvalue weighted by Gasteiger charge is -2.11. The summed E-state index contributed by atoms with van der Waals surface area (Å²) in [6, 6.07) is 1.69. The standard InChI is InChI=1S/C10H5ClF3IO2/c11-3-9(17)6-2-8(15)7(10(12,13)14)1-5(6)4-16/h1-2,4H,3H2. The molecule has 0 aliphatic heterocycles. The molecule has 0 N–H and O–H groups in total. The van der Waals surface area contributed by atoms with Gasteiger partial charge in [0.05, 0.1) is 11.4 Å². The highest BCUT2D eigenvalue weighted by Crippen LogP contribution is 2.34. The molecule has 0 radical (unpaired) electrons. The highest BCUT2D eigenvalue weighted by atomic mass is 127. The quantitative estimate of drug-likeness (QED) is 0.350. The average Bonchev–Trinajstić information content (AvgIpc) is 2.26. The number of ketones is 1. The van der Waals surface area contributed by atoms with E-state index in [2.05, 4.69) is 0 Å². The zero-order valence-corrected chi connectivity index (χ0v) is 11.1. The van der Waals surface area contributed by atoms with Gasteiger partial charge in [0.25, 0.3) is 0 Å². The van der Waals surface area contributed by atoms with Crippen molar-refractivity contribution in [3.63, 3.8) is 0 Å². The number of Topliss-reactive ketones (excluding diaryl/α,β-unsaturated/α-hetero) is 1. The van der Waals surface area contributed by atoms with Gasteiger partial charge in [-0.3, -0.25) is 9.59 Å². The van der Waals surface area contributed by atoms with Gasteiger partial charge >= 0.3 is 6.18 Å². The molecule has 0 spiro atoms. The van der Waals surface area contributed by atoms with E-state index >= 15 is 0 Å². The smallest absolute Gasteiger partial charge is 0.298 e. The van der Waals surface area contributed by atoms with E-state index in [0.717, 1.165) is 6.07 Å². The number of rotatable bonds is 3. The lowest BCUT2D eigenvalue weighted by Crippen LogP contribution is -2.12. The zero-order chi connectivity index (χ0) is 13.2. The molecule has 1 aromatic rings. The van der Waals surface area contributed by atoms with Gasteiger partial charge in [-0.15, -0.1) is 11.6 Å². The van der Waals surface area contributed by atoms with E-state index in [9.17, 15) is 22.8 Å². The number of hydrogen-bond donors (Lipinski definition) is 0. The number of carbonyl (C=O) groups excluding carboxylic acids is 2. The number of benzene rings is 1. The molecule has 0 fully saturated rings. The van der Waals surface area contributed by atoms with Crippen molar-refractivity contribution in [3.05, 3.63) is 32.4 Å². The minimum atomic E-state index is -4.56. The molecule has 0 amide bonds. The fraction of sp³-hybridized carbons (Fsp3) is 0.200. The zero-order valence-electron chi connectivity index (χ0n) is 8.15. The summed E-state index contributed by atoms with van der Waals surface area (Å²) in [5.74, 6) is -0.970. The van der Waals surface area contributed by atoms with Crippen LogP contribution in [0.2, 0.25) is 0 Å². The molecular weight excluding hydrogens is 371 g/mol. The van der Waals surface area contributed by atoms with Crippen LogP contribution in [0.25, 0.3) is 0 Å². The predicted octanol–water partition coefficient (Wildman–Crippen LogP) is 3.54. The Balaban J connectivity index is 3.45. The molecule has 7 heteroatoms. The molecule has 0 bridgehead atoms. The van der Waals surface area contributed by atoms with E-state index in [1.165, 1.54) is 22.6 Å². The highest BCUT2D eigenvalue weighted by Gasteiger charge is 2.34. The maximum absolute atomic E-state index is 12.5. The lowest BCUT2D eigenvalue weighted by atomic mass is 10.0. The minimum absolute atomic E-state index is 0.0904. The number of carbonyl (C=O) groups is 2. The normalized spacial score (nSPS) is 11.4. The molecule has 0 atom stereocenters. The van der Waals surface area contributed by atoms with E-state index in [4.69, 9.17) is 11.6 Å². The maximum Gasteiger partial charge on any atom is 0.417 e. The van der Waals surface area contributed by atoms with Crippen LogP contribution >= 0.6 is 34.2 Å². The Morgan fingerprint density at radius 1 is 1.41 bits per heavy atom. The summed E-state index contributed by atoms with van der Waals surface area (Å²) in [4.78, 5) is 22.0. The first-order chi connectivity index (χ1) is 7.81. The van der Waals surface area contributed by atoms with Gasteiger partial charge in [0.2, 0.25) is 0 Å². The summed E-state index contributed by atoms with van der Waals surface area (Å²) in [5, 5.41) is 0. The first kappa shape index (κ1) is 14.4. The summed E-state index contributed by atoms with van der Waals surface area (Å²) in [7, 11) is 0. The highest BCUT2D eigenvalue weighted by molar-refractivity contribution is 14.1. The Bertz CT molecular complexity index is 471. The Morgan fingerprint density at radius 2 is 2.00 bits per heavy atom. The van der Waals surface area contributed by atoms with Crippen molar-refractivity contribution in [2.24, 2.45) is 0 Å². The van der Waals surface area contributed by atoms with Gasteiger partial charge in [-0.05, 0) is 34.7 Å². The average molecular weight is 376 g/mol. The van der Waals surface area contributed by atoms with Crippen LogP contribution in [0.3, 0.4) is 0 Å². The molecule has 1 aromatic carbocycles. The van der Waals surface area contributed by atoms with E-state index in [0.29, 0.717) is 6.07 Å². The Labute approximate surface area is 113 Å². The van der Waals surface area contributed by atoms with Crippen LogP contribution in [0, 0.1) is 3.57 Å². The Morgan fingerprint density at radius 3 is 2.41 bits per heavy atom. The van der Waals surface area contributed by atoms with Crippen LogP contribution in [-0.4, -0.2) is 17.9 Å². The third-order valence-electron chi connectivity index (χ3n) is 1.99. The van der Waals surface area contributed by atoms with Crippen LogP contribution in [-0.2, 0) is 6.18 Å². The molecule has 92 valence electrons. The Kier molecular flexibility index (Phi) is 4.54. The van der Waals surface area contributed by atoms with Crippen molar-refractivity contribution in [2.45, 2.75) is 6.18 Å². The maximum atomic E-state index is 12.5. The first-order valence-corrected chi connectivity index (χ1v) is 5.87. The van der Waals surface area contributed by atoms with E-state index in [-0.39, 0.29) is 26.9 Å². The molecule has 0 heterocycles. The molecule has 0 saturated heterocycles. The van der Waals surface area contributed by atoms with Crippen molar-refractivity contribution in [2.75, 3.05) is 5.88 Å². The van der Waals surface area contributed by atoms with Crippen molar-refractivity contribution in [1.82, 2.24) is 0 Å². The number of halogens is 5. The van der Waals surface area contributed by atoms with E-state index in [1.54, 1.807) is 0 Å². The molecule has 0 aliphatic rings. The van der Waals surface area contributed by atoms with Crippen molar-refractivity contribution in [3.8, 4) is 0 Å². The second-order valence-electron chi connectivity index (χ2n) is 3.09. The van der Waals surface area contributed by atoms with E-state index < -0.39 is 17.5 Å². The van der Waals surface area contributed by atoms with Crippen LogP contribution in [0.15, 0.2) is 12.1 Å². The van der Waals surface area contributed by atoms with Gasteiger partial charge in [0.15, 0.2) is 12.1 Å². The number of alkyl halides is 4. The summed E-state index contributed by atoms with van der Waals surface area (Å²) in [5.41, 5.74) is -1.33. The fourth-order valence-corrected chi connectivity index (χ4v) is 2.14. The fourth-order valence-electron chi connectivity index (χ4n) is 1.22. The van der Waals surface area contributed by atoms with Gasteiger partial charge in [0, 0.05) is 14.7 Å². The van der Waals surface area contributed by atoms with Gasteiger partial charge < -0.3 is 0 Å². The van der Waals surface area contributed by atoms with Gasteiger partial charge in [-0.2, -0.15) is 13.2 Å². The Hall–Kier alpha value is -0.630. The molecular formula is C10H5ClF3IO2. The van der Waals surface area contributed by atoms with E-state index in [1.807, 2.05) is 0 Å². The minimum Gasteiger partial charge on any atom is -0.298 e.